The van der Waals surface area contributed by atoms with Crippen molar-refractivity contribution in [3.63, 3.8) is 0 Å². The van der Waals surface area contributed by atoms with E-state index in [2.05, 4.69) is 9.71 Å². The molecule has 4 nitrogen and oxygen atoms in total. The highest BCUT2D eigenvalue weighted by molar-refractivity contribution is 7.92. The third-order valence-corrected chi connectivity index (χ3v) is 5.73. The number of hydrogen-bond donors (Lipinski definition) is 1. The monoisotopic (exact) mass is 384 g/mol. The van der Waals surface area contributed by atoms with E-state index < -0.39 is 10.0 Å². The summed E-state index contributed by atoms with van der Waals surface area (Å²) < 4.78 is 26.0. The van der Waals surface area contributed by atoms with Crippen molar-refractivity contribution < 1.29 is 8.42 Å². The molecule has 114 valence electrons. The lowest BCUT2D eigenvalue weighted by Crippen LogP contribution is -2.16. The molecule has 9 heteroatoms. The largest absolute Gasteiger partial charge is 0.259 e. The van der Waals surface area contributed by atoms with Crippen LogP contribution in [0.1, 0.15) is 6.42 Å². The van der Waals surface area contributed by atoms with Crippen molar-refractivity contribution in [1.29, 1.82) is 0 Å². The lowest BCUT2D eigenvalue weighted by molar-refractivity contribution is 0.600. The Morgan fingerprint density at radius 2 is 2.00 bits per heavy atom. The minimum atomic E-state index is -3.41. The van der Waals surface area contributed by atoms with Crippen LogP contribution in [0.15, 0.2) is 23.6 Å². The molecule has 1 heterocycles. The summed E-state index contributed by atoms with van der Waals surface area (Å²) in [5.41, 5.74) is 1.40. The molecule has 0 atom stereocenters. The maximum atomic E-state index is 11.8. The maximum Gasteiger partial charge on any atom is 0.234 e. The number of sulfonamides is 1. The number of anilines is 1. The fraction of sp³-hybridized carbons (Fsp3) is 0.250. The predicted octanol–water partition coefficient (Wildman–Crippen LogP) is 4.49. The molecule has 0 fully saturated rings. The molecule has 0 radical (unpaired) electrons. The van der Waals surface area contributed by atoms with E-state index in [-0.39, 0.29) is 5.75 Å². The van der Waals surface area contributed by atoms with Crippen molar-refractivity contribution in [2.75, 3.05) is 16.4 Å². The van der Waals surface area contributed by atoms with Crippen LogP contribution in [-0.2, 0) is 10.0 Å². The molecule has 0 spiro atoms. The second kappa shape index (κ2) is 7.15. The Hall–Kier alpha value is -0.530. The first-order chi connectivity index (χ1) is 9.91. The summed E-state index contributed by atoms with van der Waals surface area (Å²) in [5, 5.41) is 2.94. The standard InChI is InChI=1S/C12H11Cl3N2O2S2/c13-4-1-5-21(18,19)17-12-16-11(7-20-12)8-2-3-9(14)10(15)6-8/h2-3,6-7H,1,4-5H2,(H,16,17). The summed E-state index contributed by atoms with van der Waals surface area (Å²) >= 11 is 18.5. The topological polar surface area (TPSA) is 59.1 Å². The molecule has 0 aliphatic rings. The zero-order valence-electron chi connectivity index (χ0n) is 10.6. The molecule has 1 aromatic heterocycles. The zero-order valence-corrected chi connectivity index (χ0v) is 14.5. The summed E-state index contributed by atoms with van der Waals surface area (Å²) in [4.78, 5) is 4.24. The van der Waals surface area contributed by atoms with E-state index in [0.29, 0.717) is 33.2 Å². The minimum Gasteiger partial charge on any atom is -0.259 e. The first-order valence-corrected chi connectivity index (χ1v) is 9.71. The fourth-order valence-corrected chi connectivity index (χ4v) is 4.20. The number of alkyl halides is 1. The first kappa shape index (κ1) is 16.8. The number of halogens is 3. The number of nitrogens with one attached hydrogen (secondary N) is 1. The maximum absolute atomic E-state index is 11.8. The highest BCUT2D eigenvalue weighted by Gasteiger charge is 2.13. The molecule has 1 aromatic carbocycles. The number of rotatable bonds is 6. The van der Waals surface area contributed by atoms with Crippen molar-refractivity contribution in [3.05, 3.63) is 33.6 Å². The minimum absolute atomic E-state index is 0.0296. The highest BCUT2D eigenvalue weighted by atomic mass is 35.5. The van der Waals surface area contributed by atoms with Gasteiger partial charge >= 0.3 is 0 Å². The molecule has 2 aromatic rings. The number of thiazole rings is 1. The fourth-order valence-electron chi connectivity index (χ4n) is 1.54. The average molecular weight is 386 g/mol. The summed E-state index contributed by atoms with van der Waals surface area (Å²) in [6, 6.07) is 5.13. The van der Waals surface area contributed by atoms with Gasteiger partial charge in [-0.1, -0.05) is 29.3 Å². The van der Waals surface area contributed by atoms with E-state index in [1.807, 2.05) is 0 Å². The molecule has 0 bridgehead atoms. The predicted molar refractivity (Wildman–Crippen MR) is 90.3 cm³/mol. The van der Waals surface area contributed by atoms with E-state index in [9.17, 15) is 8.42 Å². The molecule has 0 saturated heterocycles. The van der Waals surface area contributed by atoms with Gasteiger partial charge < -0.3 is 0 Å². The normalized spacial score (nSPS) is 11.6. The Balaban J connectivity index is 2.16. The third kappa shape index (κ3) is 4.72. The van der Waals surface area contributed by atoms with Crippen LogP contribution in [-0.4, -0.2) is 25.0 Å². The lowest BCUT2D eigenvalue weighted by Gasteiger charge is -2.03. The van der Waals surface area contributed by atoms with Crippen LogP contribution >= 0.6 is 46.1 Å². The number of hydrogen-bond acceptors (Lipinski definition) is 4. The van der Waals surface area contributed by atoms with Gasteiger partial charge in [0.2, 0.25) is 10.0 Å². The van der Waals surface area contributed by atoms with Gasteiger partial charge in [-0.25, -0.2) is 13.4 Å². The third-order valence-electron chi connectivity index (χ3n) is 2.51. The van der Waals surface area contributed by atoms with Crippen molar-refractivity contribution in [2.45, 2.75) is 6.42 Å². The molecule has 0 aliphatic heterocycles. The molecule has 0 amide bonds. The molecule has 0 unspecified atom stereocenters. The van der Waals surface area contributed by atoms with Crippen LogP contribution in [0, 0.1) is 0 Å². The number of benzene rings is 1. The van der Waals surface area contributed by atoms with E-state index in [1.165, 1.54) is 11.3 Å². The van der Waals surface area contributed by atoms with E-state index in [4.69, 9.17) is 34.8 Å². The van der Waals surface area contributed by atoms with Crippen molar-refractivity contribution in [2.24, 2.45) is 0 Å². The molecule has 2 rings (SSSR count). The number of aromatic nitrogens is 1. The van der Waals surface area contributed by atoms with Gasteiger partial charge in [-0.2, -0.15) is 0 Å². The Labute approximate surface area is 142 Å². The van der Waals surface area contributed by atoms with Crippen LogP contribution in [0.25, 0.3) is 11.3 Å². The summed E-state index contributed by atoms with van der Waals surface area (Å²) in [6.45, 7) is 0. The van der Waals surface area contributed by atoms with Crippen LogP contribution < -0.4 is 4.72 Å². The summed E-state index contributed by atoms with van der Waals surface area (Å²) in [6.07, 6.45) is 0.391. The first-order valence-electron chi connectivity index (χ1n) is 5.89. The average Bonchev–Trinajstić information content (AvgIpc) is 2.87. The SMILES string of the molecule is O=S(=O)(CCCCl)Nc1nc(-c2ccc(Cl)c(Cl)c2)cs1. The van der Waals surface area contributed by atoms with E-state index in [0.717, 1.165) is 5.56 Å². The second-order valence-electron chi connectivity index (χ2n) is 4.13. The Kier molecular flexibility index (Phi) is 5.73. The zero-order chi connectivity index (χ0) is 15.5. The molecular formula is C12H11Cl3N2O2S2. The highest BCUT2D eigenvalue weighted by Crippen LogP contribution is 2.30. The quantitative estimate of drug-likeness (QED) is 0.745. The molecular weight excluding hydrogens is 375 g/mol. The smallest absolute Gasteiger partial charge is 0.234 e. The van der Waals surface area contributed by atoms with Crippen molar-refractivity contribution >= 4 is 61.3 Å². The Morgan fingerprint density at radius 1 is 1.24 bits per heavy atom. The number of nitrogens with zero attached hydrogens (tertiary/aromatic N) is 1. The van der Waals surface area contributed by atoms with Gasteiger partial charge in [0.15, 0.2) is 5.13 Å². The van der Waals surface area contributed by atoms with Crippen LogP contribution in [0.4, 0.5) is 5.13 Å². The van der Waals surface area contributed by atoms with Crippen LogP contribution in [0.2, 0.25) is 10.0 Å². The molecule has 1 N–H and O–H groups in total. The molecule has 0 aliphatic carbocycles. The summed E-state index contributed by atoms with van der Waals surface area (Å²) in [7, 11) is -3.41. The molecule has 21 heavy (non-hydrogen) atoms. The van der Waals surface area contributed by atoms with Crippen molar-refractivity contribution in [3.8, 4) is 11.3 Å². The van der Waals surface area contributed by atoms with Crippen molar-refractivity contribution in [1.82, 2.24) is 4.98 Å². The Bertz CT molecular complexity index is 732. The van der Waals surface area contributed by atoms with Gasteiger partial charge in [0.05, 0.1) is 21.5 Å². The Morgan fingerprint density at radius 3 is 2.67 bits per heavy atom. The van der Waals surface area contributed by atoms with E-state index in [1.54, 1.807) is 23.6 Å². The lowest BCUT2D eigenvalue weighted by atomic mass is 10.2. The van der Waals surface area contributed by atoms with Gasteiger partial charge in [0.1, 0.15) is 0 Å². The second-order valence-corrected chi connectivity index (χ2v) is 8.02. The summed E-state index contributed by atoms with van der Waals surface area (Å²) in [5.74, 6) is 0.269. The van der Waals surface area contributed by atoms with Crippen LogP contribution in [0.5, 0.6) is 0 Å². The van der Waals surface area contributed by atoms with Crippen LogP contribution in [0.3, 0.4) is 0 Å². The van der Waals surface area contributed by atoms with E-state index >= 15 is 0 Å². The molecule has 0 saturated carbocycles. The van der Waals surface area contributed by atoms with Gasteiger partial charge in [-0.05, 0) is 18.6 Å². The van der Waals surface area contributed by atoms with Gasteiger partial charge in [0, 0.05) is 16.8 Å². The van der Waals surface area contributed by atoms with Gasteiger partial charge in [-0.15, -0.1) is 22.9 Å². The van der Waals surface area contributed by atoms with Gasteiger partial charge in [-0.3, -0.25) is 4.72 Å². The van der Waals surface area contributed by atoms with Gasteiger partial charge in [0.25, 0.3) is 0 Å².